The van der Waals surface area contributed by atoms with Gasteiger partial charge in [0.1, 0.15) is 0 Å². The zero-order valence-corrected chi connectivity index (χ0v) is 20.2. The smallest absolute Gasteiger partial charge is 0.0603 e. The summed E-state index contributed by atoms with van der Waals surface area (Å²) in [7, 11) is 0. The fourth-order valence-corrected chi connectivity index (χ4v) is 9.28. The van der Waals surface area contributed by atoms with Crippen LogP contribution in [0.4, 0.5) is 0 Å². The van der Waals surface area contributed by atoms with Crippen molar-refractivity contribution in [1.82, 2.24) is 0 Å². The minimum Gasteiger partial charge on any atom is -0.393 e. The lowest BCUT2D eigenvalue weighted by Gasteiger charge is -2.62. The highest BCUT2D eigenvalue weighted by Gasteiger charge is 2.65. The molecule has 0 saturated heterocycles. The van der Waals surface area contributed by atoms with Crippen molar-refractivity contribution in [3.8, 4) is 0 Å². The van der Waals surface area contributed by atoms with Gasteiger partial charge in [-0.1, -0.05) is 53.9 Å². The predicted molar refractivity (Wildman–Crippen MR) is 122 cm³/mol. The molecule has 4 aliphatic carbocycles. The molecule has 0 heterocycles. The fourth-order valence-electron chi connectivity index (χ4n) is 9.28. The van der Waals surface area contributed by atoms with E-state index in [9.17, 15) is 15.3 Å². The van der Waals surface area contributed by atoms with Crippen molar-refractivity contribution in [1.29, 1.82) is 0 Å². The van der Waals surface area contributed by atoms with E-state index in [1.807, 2.05) is 0 Å². The number of aliphatic hydroxyl groups is 3. The van der Waals surface area contributed by atoms with Gasteiger partial charge in [0.05, 0.1) is 18.3 Å². The molecule has 3 N–H and O–H groups in total. The second kappa shape index (κ2) is 8.34. The first-order chi connectivity index (χ1) is 14.1. The minimum atomic E-state index is -0.305. The Morgan fingerprint density at radius 2 is 1.60 bits per heavy atom. The van der Waals surface area contributed by atoms with Crippen molar-refractivity contribution in [3.63, 3.8) is 0 Å². The summed E-state index contributed by atoms with van der Waals surface area (Å²) in [5.41, 5.74) is 0.117. The summed E-state index contributed by atoms with van der Waals surface area (Å²) in [4.78, 5) is 0. The van der Waals surface area contributed by atoms with Gasteiger partial charge in [0, 0.05) is 5.41 Å². The number of aliphatic hydroxyl groups excluding tert-OH is 3. The largest absolute Gasteiger partial charge is 0.393 e. The van der Waals surface area contributed by atoms with E-state index in [2.05, 4.69) is 34.6 Å². The lowest BCUT2D eigenvalue weighted by atomic mass is 9.43. The highest BCUT2D eigenvalue weighted by Crippen LogP contribution is 2.68. The van der Waals surface area contributed by atoms with Crippen LogP contribution in [0.5, 0.6) is 0 Å². The first-order valence-electron chi connectivity index (χ1n) is 13.1. The Morgan fingerprint density at radius 3 is 2.30 bits per heavy atom. The van der Waals surface area contributed by atoms with Gasteiger partial charge >= 0.3 is 0 Å². The summed E-state index contributed by atoms with van der Waals surface area (Å²) < 4.78 is 0. The van der Waals surface area contributed by atoms with Crippen LogP contribution >= 0.6 is 0 Å². The third-order valence-corrected chi connectivity index (χ3v) is 10.9. The van der Waals surface area contributed by atoms with Gasteiger partial charge in [0.15, 0.2) is 0 Å². The molecule has 0 aromatic rings. The van der Waals surface area contributed by atoms with Gasteiger partial charge in [-0.3, -0.25) is 0 Å². The SMILES string of the molecule is CC(C)CCC[C@@H](C)[C@H]1[C@H](O)C[C@H]2[C@@H]3CC[C@H]4C[C@H](O)CC[C@]4(C)[C@H]3C[C@H](O)[C@]12C. The summed E-state index contributed by atoms with van der Waals surface area (Å²) in [6.07, 6.45) is 10.2. The number of hydrogen-bond acceptors (Lipinski definition) is 3. The number of rotatable bonds is 5. The topological polar surface area (TPSA) is 60.7 Å². The van der Waals surface area contributed by atoms with Gasteiger partial charge in [-0.15, -0.1) is 0 Å². The van der Waals surface area contributed by atoms with Crippen LogP contribution in [0.2, 0.25) is 0 Å². The molecule has 3 heteroatoms. The monoisotopic (exact) mass is 420 g/mol. The van der Waals surface area contributed by atoms with E-state index in [-0.39, 0.29) is 35.1 Å². The molecule has 0 aliphatic heterocycles. The summed E-state index contributed by atoms with van der Waals surface area (Å²) in [5.74, 6) is 3.68. The van der Waals surface area contributed by atoms with Crippen LogP contribution in [0.15, 0.2) is 0 Å². The molecule has 4 saturated carbocycles. The van der Waals surface area contributed by atoms with Crippen LogP contribution in [0.25, 0.3) is 0 Å². The van der Waals surface area contributed by atoms with Crippen molar-refractivity contribution in [3.05, 3.63) is 0 Å². The maximum absolute atomic E-state index is 11.6. The van der Waals surface area contributed by atoms with E-state index in [4.69, 9.17) is 0 Å². The first kappa shape index (κ1) is 23.1. The van der Waals surface area contributed by atoms with Crippen LogP contribution in [0.3, 0.4) is 0 Å². The Bertz CT molecular complexity index is 605. The average molecular weight is 421 g/mol. The quantitative estimate of drug-likeness (QED) is 0.557. The summed E-state index contributed by atoms with van der Waals surface area (Å²) >= 11 is 0. The molecule has 0 aromatic heterocycles. The Morgan fingerprint density at radius 1 is 0.867 bits per heavy atom. The highest BCUT2D eigenvalue weighted by atomic mass is 16.3. The molecule has 0 aromatic carbocycles. The number of fused-ring (bicyclic) bond motifs is 5. The molecule has 0 radical (unpaired) electrons. The molecule has 4 rings (SSSR count). The maximum Gasteiger partial charge on any atom is 0.0603 e. The van der Waals surface area contributed by atoms with Gasteiger partial charge in [0.25, 0.3) is 0 Å². The van der Waals surface area contributed by atoms with Crippen LogP contribution in [-0.4, -0.2) is 33.6 Å². The van der Waals surface area contributed by atoms with Crippen molar-refractivity contribution >= 4 is 0 Å². The van der Waals surface area contributed by atoms with E-state index >= 15 is 0 Å². The van der Waals surface area contributed by atoms with Crippen LogP contribution in [-0.2, 0) is 0 Å². The zero-order valence-electron chi connectivity index (χ0n) is 20.2. The summed E-state index contributed by atoms with van der Waals surface area (Å²) in [5, 5.41) is 33.1. The van der Waals surface area contributed by atoms with Crippen LogP contribution in [0, 0.1) is 52.3 Å². The van der Waals surface area contributed by atoms with Crippen LogP contribution in [0.1, 0.15) is 98.8 Å². The molecule has 4 aliphatic rings. The van der Waals surface area contributed by atoms with Gasteiger partial charge in [-0.25, -0.2) is 0 Å². The molecular weight excluding hydrogens is 372 g/mol. The van der Waals surface area contributed by atoms with Gasteiger partial charge in [0.2, 0.25) is 0 Å². The normalized spacial score (nSPS) is 51.9. The molecular formula is C27H48O3. The molecule has 0 spiro atoms. The summed E-state index contributed by atoms with van der Waals surface area (Å²) in [6, 6.07) is 0. The average Bonchev–Trinajstić information content (AvgIpc) is 2.95. The Hall–Kier alpha value is -0.120. The van der Waals surface area contributed by atoms with Crippen LogP contribution < -0.4 is 0 Å². The minimum absolute atomic E-state index is 0.122. The molecule has 0 unspecified atom stereocenters. The molecule has 0 amide bonds. The Kier molecular flexibility index (Phi) is 6.41. The molecule has 11 atom stereocenters. The molecule has 0 bridgehead atoms. The van der Waals surface area contributed by atoms with E-state index < -0.39 is 0 Å². The predicted octanol–water partition coefficient (Wildman–Crippen LogP) is 5.41. The van der Waals surface area contributed by atoms with Gasteiger partial charge in [-0.05, 0) is 91.8 Å². The number of hydrogen-bond donors (Lipinski definition) is 3. The fraction of sp³-hybridized carbons (Fsp3) is 1.00. The first-order valence-corrected chi connectivity index (χ1v) is 13.1. The molecule has 4 fully saturated rings. The van der Waals surface area contributed by atoms with Crippen molar-refractivity contribution < 1.29 is 15.3 Å². The Balaban J connectivity index is 1.55. The lowest BCUT2D eigenvalue weighted by molar-refractivity contribution is -0.176. The van der Waals surface area contributed by atoms with Crippen molar-refractivity contribution in [2.24, 2.45) is 52.3 Å². The zero-order chi connectivity index (χ0) is 21.8. The molecule has 3 nitrogen and oxygen atoms in total. The van der Waals surface area contributed by atoms with E-state index in [1.54, 1.807) is 0 Å². The van der Waals surface area contributed by atoms with Gasteiger partial charge < -0.3 is 15.3 Å². The highest BCUT2D eigenvalue weighted by molar-refractivity contribution is 5.14. The molecule has 174 valence electrons. The third kappa shape index (κ3) is 3.59. The second-order valence-electron chi connectivity index (χ2n) is 12.8. The van der Waals surface area contributed by atoms with E-state index in [1.165, 1.54) is 32.1 Å². The third-order valence-electron chi connectivity index (χ3n) is 10.9. The van der Waals surface area contributed by atoms with Crippen molar-refractivity contribution in [2.45, 2.75) is 117 Å². The molecule has 30 heavy (non-hydrogen) atoms. The van der Waals surface area contributed by atoms with E-state index in [0.717, 1.165) is 38.0 Å². The maximum atomic E-state index is 11.6. The van der Waals surface area contributed by atoms with E-state index in [0.29, 0.717) is 29.6 Å². The lowest BCUT2D eigenvalue weighted by Crippen LogP contribution is -2.59. The van der Waals surface area contributed by atoms with Crippen molar-refractivity contribution in [2.75, 3.05) is 0 Å². The summed E-state index contributed by atoms with van der Waals surface area (Å²) in [6.45, 7) is 11.7. The second-order valence-corrected chi connectivity index (χ2v) is 12.8. The standard InChI is InChI=1S/C27H48O3/c1-16(2)7-6-8-17(3)25-23(29)14-22-20-10-9-18-13-19(28)11-12-26(18,4)21(20)15-24(30)27(22,25)5/h16-25,28-30H,6-15H2,1-5H3/t17-,18+,19-,20-,21+,22+,23-,24+,25+,26+,27-/m1/s1. The van der Waals surface area contributed by atoms with Gasteiger partial charge in [-0.2, -0.15) is 0 Å². The Labute approximate surface area is 185 Å².